The van der Waals surface area contributed by atoms with Crippen LogP contribution < -0.4 is 0 Å². The highest BCUT2D eigenvalue weighted by Crippen LogP contribution is 2.29. The van der Waals surface area contributed by atoms with E-state index in [9.17, 15) is 4.79 Å². The SMILES string of the molecule is CC(=O)CCc1nccc(-c2ccc(Br)s2)n1. The fraction of sp³-hybridized carbons (Fsp3) is 0.250. The largest absolute Gasteiger partial charge is 0.300 e. The molecule has 0 atom stereocenters. The van der Waals surface area contributed by atoms with E-state index >= 15 is 0 Å². The number of Topliss-reactive ketones (excluding diaryl/α,β-unsaturated/α-hetero) is 1. The molecule has 0 unspecified atom stereocenters. The molecule has 0 aliphatic carbocycles. The topological polar surface area (TPSA) is 42.9 Å². The minimum Gasteiger partial charge on any atom is -0.300 e. The highest BCUT2D eigenvalue weighted by atomic mass is 79.9. The van der Waals surface area contributed by atoms with Crippen molar-refractivity contribution in [3.63, 3.8) is 0 Å². The third kappa shape index (κ3) is 3.44. The summed E-state index contributed by atoms with van der Waals surface area (Å²) in [5.74, 6) is 0.889. The van der Waals surface area contributed by atoms with Gasteiger partial charge in [-0.15, -0.1) is 11.3 Å². The Morgan fingerprint density at radius 3 is 2.88 bits per heavy atom. The summed E-state index contributed by atoms with van der Waals surface area (Å²) in [5.41, 5.74) is 0.911. The molecule has 5 heteroatoms. The Bertz CT molecular complexity index is 539. The number of carbonyl (C=O) groups excluding carboxylic acids is 1. The number of hydrogen-bond donors (Lipinski definition) is 0. The maximum absolute atomic E-state index is 10.9. The molecule has 0 bridgehead atoms. The van der Waals surface area contributed by atoms with Crippen LogP contribution in [0.25, 0.3) is 10.6 Å². The van der Waals surface area contributed by atoms with Gasteiger partial charge in [0.15, 0.2) is 0 Å². The zero-order chi connectivity index (χ0) is 12.3. The second-order valence-corrected chi connectivity index (χ2v) is 6.13. The quantitative estimate of drug-likeness (QED) is 0.868. The highest BCUT2D eigenvalue weighted by molar-refractivity contribution is 9.11. The van der Waals surface area contributed by atoms with Gasteiger partial charge >= 0.3 is 0 Å². The van der Waals surface area contributed by atoms with Crippen molar-refractivity contribution in [3.05, 3.63) is 34.0 Å². The molecule has 2 rings (SSSR count). The number of thiophene rings is 1. The molecule has 0 saturated heterocycles. The van der Waals surface area contributed by atoms with Crippen molar-refractivity contribution in [1.82, 2.24) is 9.97 Å². The lowest BCUT2D eigenvalue weighted by atomic mass is 10.2. The molecule has 2 heterocycles. The lowest BCUT2D eigenvalue weighted by Crippen LogP contribution is -1.99. The normalized spacial score (nSPS) is 10.5. The average Bonchev–Trinajstić information content (AvgIpc) is 2.74. The number of hydrogen-bond acceptors (Lipinski definition) is 4. The smallest absolute Gasteiger partial charge is 0.130 e. The summed E-state index contributed by atoms with van der Waals surface area (Å²) < 4.78 is 1.08. The van der Waals surface area contributed by atoms with Crippen LogP contribution in [0.3, 0.4) is 0 Å². The first-order valence-electron chi connectivity index (χ1n) is 5.22. The summed E-state index contributed by atoms with van der Waals surface area (Å²) in [6, 6.07) is 5.90. The monoisotopic (exact) mass is 310 g/mol. The predicted molar refractivity (Wildman–Crippen MR) is 72.0 cm³/mol. The van der Waals surface area contributed by atoms with Crippen LogP contribution in [0.2, 0.25) is 0 Å². The van der Waals surface area contributed by atoms with E-state index in [0.29, 0.717) is 12.8 Å². The van der Waals surface area contributed by atoms with Crippen LogP contribution >= 0.6 is 27.3 Å². The summed E-state index contributed by atoms with van der Waals surface area (Å²) in [6.07, 6.45) is 2.85. The van der Waals surface area contributed by atoms with Crippen LogP contribution in [0.5, 0.6) is 0 Å². The van der Waals surface area contributed by atoms with Crippen LogP contribution in [0.1, 0.15) is 19.2 Å². The zero-order valence-electron chi connectivity index (χ0n) is 9.31. The fourth-order valence-corrected chi connectivity index (χ4v) is 2.75. The molecule has 0 spiro atoms. The van der Waals surface area contributed by atoms with Crippen molar-refractivity contribution in [2.24, 2.45) is 0 Å². The highest BCUT2D eigenvalue weighted by Gasteiger charge is 2.05. The Hall–Kier alpha value is -1.07. The number of aryl methyl sites for hydroxylation is 1. The van der Waals surface area contributed by atoms with Crippen LogP contribution in [0, 0.1) is 0 Å². The molecular weight excluding hydrogens is 300 g/mol. The molecule has 2 aromatic rings. The van der Waals surface area contributed by atoms with Gasteiger partial charge in [-0.05, 0) is 41.1 Å². The maximum atomic E-state index is 10.9. The van der Waals surface area contributed by atoms with Gasteiger partial charge in [0.2, 0.25) is 0 Å². The van der Waals surface area contributed by atoms with Crippen molar-refractivity contribution in [1.29, 1.82) is 0 Å². The van der Waals surface area contributed by atoms with Crippen LogP contribution in [0.4, 0.5) is 0 Å². The average molecular weight is 311 g/mol. The summed E-state index contributed by atoms with van der Waals surface area (Å²) in [6.45, 7) is 1.58. The van der Waals surface area contributed by atoms with Gasteiger partial charge < -0.3 is 4.79 Å². The lowest BCUT2D eigenvalue weighted by Gasteiger charge is -2.00. The molecule has 88 valence electrons. The number of aromatic nitrogens is 2. The van der Waals surface area contributed by atoms with E-state index in [4.69, 9.17) is 0 Å². The summed E-state index contributed by atoms with van der Waals surface area (Å²) in [5, 5.41) is 0. The summed E-state index contributed by atoms with van der Waals surface area (Å²) >= 11 is 5.06. The molecule has 0 radical (unpaired) electrons. The van der Waals surface area contributed by atoms with Crippen molar-refractivity contribution in [2.45, 2.75) is 19.8 Å². The van der Waals surface area contributed by atoms with E-state index in [1.165, 1.54) is 0 Å². The number of halogens is 1. The van der Waals surface area contributed by atoms with Crippen molar-refractivity contribution >= 4 is 33.0 Å². The van der Waals surface area contributed by atoms with Gasteiger partial charge in [0.05, 0.1) is 14.4 Å². The first-order chi connectivity index (χ1) is 8.15. The van der Waals surface area contributed by atoms with Crippen molar-refractivity contribution in [3.8, 4) is 10.6 Å². The second kappa shape index (κ2) is 5.51. The van der Waals surface area contributed by atoms with E-state index in [1.807, 2.05) is 18.2 Å². The van der Waals surface area contributed by atoms with Crippen molar-refractivity contribution < 1.29 is 4.79 Å². The number of ketones is 1. The Kier molecular flexibility index (Phi) is 4.02. The Morgan fingerprint density at radius 2 is 2.24 bits per heavy atom. The first kappa shape index (κ1) is 12.4. The van der Waals surface area contributed by atoms with E-state index < -0.39 is 0 Å². The third-order valence-corrected chi connectivity index (χ3v) is 3.88. The van der Waals surface area contributed by atoms with Gasteiger partial charge in [0, 0.05) is 19.0 Å². The molecule has 17 heavy (non-hydrogen) atoms. The molecule has 3 nitrogen and oxygen atoms in total. The Labute approximate surface area is 112 Å². The molecule has 0 amide bonds. The van der Waals surface area contributed by atoms with Gasteiger partial charge in [-0.2, -0.15) is 0 Å². The molecule has 0 aliphatic rings. The van der Waals surface area contributed by atoms with Gasteiger partial charge in [-0.25, -0.2) is 9.97 Å². The van der Waals surface area contributed by atoms with E-state index in [1.54, 1.807) is 24.5 Å². The fourth-order valence-electron chi connectivity index (χ4n) is 1.40. The Balaban J connectivity index is 2.19. The molecule has 2 aromatic heterocycles. The van der Waals surface area contributed by atoms with E-state index in [0.717, 1.165) is 20.2 Å². The molecule has 0 N–H and O–H groups in total. The van der Waals surface area contributed by atoms with Crippen LogP contribution in [-0.2, 0) is 11.2 Å². The Morgan fingerprint density at radius 1 is 1.41 bits per heavy atom. The molecule has 0 fully saturated rings. The third-order valence-electron chi connectivity index (χ3n) is 2.23. The molecule has 0 aliphatic heterocycles. The van der Waals surface area contributed by atoms with Gasteiger partial charge in [-0.3, -0.25) is 0 Å². The summed E-state index contributed by atoms with van der Waals surface area (Å²) in [7, 11) is 0. The predicted octanol–water partition coefficient (Wildman–Crippen LogP) is 3.49. The van der Waals surface area contributed by atoms with Crippen LogP contribution in [0.15, 0.2) is 28.2 Å². The maximum Gasteiger partial charge on any atom is 0.130 e. The molecule has 0 saturated carbocycles. The van der Waals surface area contributed by atoms with Crippen molar-refractivity contribution in [2.75, 3.05) is 0 Å². The molecular formula is C12H11BrN2OS. The number of carbonyl (C=O) groups is 1. The lowest BCUT2D eigenvalue weighted by molar-refractivity contribution is -0.117. The minimum absolute atomic E-state index is 0.165. The van der Waals surface area contributed by atoms with Gasteiger partial charge in [0.1, 0.15) is 11.6 Å². The second-order valence-electron chi connectivity index (χ2n) is 3.66. The number of rotatable bonds is 4. The van der Waals surface area contributed by atoms with Gasteiger partial charge in [0.25, 0.3) is 0 Å². The summed E-state index contributed by atoms with van der Waals surface area (Å²) in [4.78, 5) is 20.6. The van der Waals surface area contributed by atoms with Gasteiger partial charge in [-0.1, -0.05) is 0 Å². The first-order valence-corrected chi connectivity index (χ1v) is 6.83. The van der Waals surface area contributed by atoms with Crippen LogP contribution in [-0.4, -0.2) is 15.8 Å². The number of nitrogens with zero attached hydrogens (tertiary/aromatic N) is 2. The van der Waals surface area contributed by atoms with E-state index in [2.05, 4.69) is 25.9 Å². The molecule has 0 aromatic carbocycles. The zero-order valence-corrected chi connectivity index (χ0v) is 11.7. The minimum atomic E-state index is 0.165. The standard InChI is InChI=1S/C12H11BrN2OS/c1-8(16)2-5-12-14-7-6-9(15-12)10-3-4-11(13)17-10/h3-4,6-7H,2,5H2,1H3. The van der Waals surface area contributed by atoms with E-state index in [-0.39, 0.29) is 5.78 Å².